The Kier molecular flexibility index (Phi) is 3.19. The van der Waals surface area contributed by atoms with Crippen molar-refractivity contribution in [2.45, 2.75) is 25.8 Å². The van der Waals surface area contributed by atoms with Crippen molar-refractivity contribution < 1.29 is 9.90 Å². The lowest BCUT2D eigenvalue weighted by atomic mass is 10.2. The number of aliphatic carboxylic acids is 1. The standard InChI is InChI=1S/C5H11NO2/c1-2-4(6)3-5(7)8/h4H,2-3,6H2,1H3,(H,7,8)/p-1. The van der Waals surface area contributed by atoms with Gasteiger partial charge >= 0.3 is 0 Å². The van der Waals surface area contributed by atoms with E-state index in [2.05, 4.69) is 0 Å². The molecule has 0 saturated heterocycles. The third-order valence-corrected chi connectivity index (χ3v) is 0.953. The Bertz CT molecular complexity index is 82.5. The summed E-state index contributed by atoms with van der Waals surface area (Å²) in [6.45, 7) is 1.84. The molecule has 1 unspecified atom stereocenters. The molecule has 8 heavy (non-hydrogen) atoms. The lowest BCUT2D eigenvalue weighted by Crippen LogP contribution is -2.31. The van der Waals surface area contributed by atoms with Crippen molar-refractivity contribution in [2.75, 3.05) is 0 Å². The van der Waals surface area contributed by atoms with Crippen LogP contribution in [-0.4, -0.2) is 12.0 Å². The van der Waals surface area contributed by atoms with Crippen LogP contribution in [0.4, 0.5) is 0 Å². The van der Waals surface area contributed by atoms with Crippen molar-refractivity contribution in [3.8, 4) is 0 Å². The van der Waals surface area contributed by atoms with Crippen molar-refractivity contribution in [3.05, 3.63) is 0 Å². The van der Waals surface area contributed by atoms with E-state index in [0.29, 0.717) is 6.42 Å². The van der Waals surface area contributed by atoms with Crippen molar-refractivity contribution in [1.29, 1.82) is 0 Å². The Morgan fingerprint density at radius 2 is 2.38 bits per heavy atom. The minimum atomic E-state index is -1.07. The van der Waals surface area contributed by atoms with Gasteiger partial charge in [0, 0.05) is 18.4 Å². The highest BCUT2D eigenvalue weighted by atomic mass is 16.4. The summed E-state index contributed by atoms with van der Waals surface area (Å²) >= 11 is 0. The van der Waals surface area contributed by atoms with Crippen LogP contribution >= 0.6 is 0 Å². The maximum Gasteiger partial charge on any atom is 0.0429 e. The highest BCUT2D eigenvalue weighted by Crippen LogP contribution is 1.89. The van der Waals surface area contributed by atoms with Crippen LogP contribution in [0.5, 0.6) is 0 Å². The molecule has 0 rings (SSSR count). The number of carbonyl (C=O) groups excluding carboxylic acids is 1. The fraction of sp³-hybridized carbons (Fsp3) is 0.800. The van der Waals surface area contributed by atoms with Crippen LogP contribution in [0.2, 0.25) is 0 Å². The number of carboxylic acid groups (broad SMARTS) is 1. The zero-order chi connectivity index (χ0) is 6.57. The van der Waals surface area contributed by atoms with Gasteiger partial charge in [0.2, 0.25) is 0 Å². The number of hydrogen-bond acceptors (Lipinski definition) is 3. The van der Waals surface area contributed by atoms with E-state index in [9.17, 15) is 9.90 Å². The first kappa shape index (κ1) is 7.43. The molecule has 0 aromatic rings. The van der Waals surface area contributed by atoms with E-state index in [1.807, 2.05) is 6.92 Å². The molecule has 0 aromatic carbocycles. The first-order valence-electron chi connectivity index (χ1n) is 2.62. The second kappa shape index (κ2) is 3.43. The second-order valence-electron chi connectivity index (χ2n) is 1.74. The molecule has 0 fully saturated rings. The van der Waals surface area contributed by atoms with Gasteiger partial charge in [-0.3, -0.25) is 0 Å². The molecule has 2 N–H and O–H groups in total. The van der Waals surface area contributed by atoms with Gasteiger partial charge in [0.15, 0.2) is 0 Å². The van der Waals surface area contributed by atoms with Crippen molar-refractivity contribution in [3.63, 3.8) is 0 Å². The maximum absolute atomic E-state index is 9.78. The van der Waals surface area contributed by atoms with Gasteiger partial charge in [0.25, 0.3) is 0 Å². The molecule has 3 nitrogen and oxygen atoms in total. The van der Waals surface area contributed by atoms with E-state index in [1.165, 1.54) is 0 Å². The summed E-state index contributed by atoms with van der Waals surface area (Å²) in [5.41, 5.74) is 5.25. The van der Waals surface area contributed by atoms with Crippen molar-refractivity contribution >= 4 is 5.97 Å². The van der Waals surface area contributed by atoms with Gasteiger partial charge in [-0.1, -0.05) is 6.92 Å². The molecule has 1 atom stereocenters. The van der Waals surface area contributed by atoms with Gasteiger partial charge in [0.1, 0.15) is 0 Å². The number of carbonyl (C=O) groups is 1. The fourth-order valence-electron chi connectivity index (χ4n) is 0.358. The molecule has 3 heteroatoms. The zero-order valence-corrected chi connectivity index (χ0v) is 4.89. The molecule has 48 valence electrons. The van der Waals surface area contributed by atoms with Crippen LogP contribution < -0.4 is 10.8 Å². The predicted octanol–water partition coefficient (Wildman–Crippen LogP) is -1.14. The smallest absolute Gasteiger partial charge is 0.0429 e. The van der Waals surface area contributed by atoms with Crippen LogP contribution in [0.1, 0.15) is 19.8 Å². The number of nitrogens with two attached hydrogens (primary N) is 1. The molecule has 0 aliphatic carbocycles. The number of hydrogen-bond donors (Lipinski definition) is 1. The number of carboxylic acids is 1. The lowest BCUT2D eigenvalue weighted by molar-refractivity contribution is -0.306. The SMILES string of the molecule is CCC(N)CC(=O)[O-]. The first-order valence-corrected chi connectivity index (χ1v) is 2.62. The molecule has 0 amide bonds. The zero-order valence-electron chi connectivity index (χ0n) is 4.89. The van der Waals surface area contributed by atoms with Crippen LogP contribution in [0, 0.1) is 0 Å². The van der Waals surface area contributed by atoms with E-state index in [-0.39, 0.29) is 12.5 Å². The van der Waals surface area contributed by atoms with Gasteiger partial charge in [-0.2, -0.15) is 0 Å². The van der Waals surface area contributed by atoms with Gasteiger partial charge in [0.05, 0.1) is 0 Å². The topological polar surface area (TPSA) is 66.2 Å². The summed E-state index contributed by atoms with van der Waals surface area (Å²) in [7, 11) is 0. The minimum Gasteiger partial charge on any atom is -0.550 e. The molecule has 0 heterocycles. The van der Waals surface area contributed by atoms with E-state index in [1.54, 1.807) is 0 Å². The average Bonchev–Trinajstić information content (AvgIpc) is 1.65. The third-order valence-electron chi connectivity index (χ3n) is 0.953. The van der Waals surface area contributed by atoms with E-state index < -0.39 is 5.97 Å². The Morgan fingerprint density at radius 1 is 1.88 bits per heavy atom. The lowest BCUT2D eigenvalue weighted by Gasteiger charge is -2.07. The average molecular weight is 116 g/mol. The van der Waals surface area contributed by atoms with Crippen LogP contribution in [-0.2, 0) is 4.79 Å². The Morgan fingerprint density at radius 3 is 2.50 bits per heavy atom. The number of rotatable bonds is 3. The van der Waals surface area contributed by atoms with Gasteiger partial charge in [-0.05, 0) is 6.42 Å². The highest BCUT2D eigenvalue weighted by Gasteiger charge is 1.96. The first-order chi connectivity index (χ1) is 3.66. The van der Waals surface area contributed by atoms with E-state index >= 15 is 0 Å². The summed E-state index contributed by atoms with van der Waals surface area (Å²) in [5.74, 6) is -1.07. The van der Waals surface area contributed by atoms with Crippen molar-refractivity contribution in [1.82, 2.24) is 0 Å². The molecule has 0 aromatic heterocycles. The van der Waals surface area contributed by atoms with E-state index in [4.69, 9.17) is 5.73 Å². The molecule has 0 aliphatic rings. The Labute approximate surface area is 48.5 Å². The van der Waals surface area contributed by atoms with Crippen molar-refractivity contribution in [2.24, 2.45) is 5.73 Å². The molecule has 0 radical (unpaired) electrons. The van der Waals surface area contributed by atoms with Gasteiger partial charge in [-0.25, -0.2) is 0 Å². The molecule has 0 aliphatic heterocycles. The third kappa shape index (κ3) is 3.61. The summed E-state index contributed by atoms with van der Waals surface area (Å²) in [6, 6.07) is -0.236. The molecular formula is C5H10NO2-. The van der Waals surface area contributed by atoms with Crippen LogP contribution in [0.3, 0.4) is 0 Å². The second-order valence-corrected chi connectivity index (χ2v) is 1.74. The van der Waals surface area contributed by atoms with Gasteiger partial charge < -0.3 is 15.6 Å². The van der Waals surface area contributed by atoms with Crippen LogP contribution in [0.15, 0.2) is 0 Å². The predicted molar refractivity (Wildman–Crippen MR) is 27.9 cm³/mol. The maximum atomic E-state index is 9.78. The molecule has 0 bridgehead atoms. The Balaban J connectivity index is 3.24. The van der Waals surface area contributed by atoms with E-state index in [0.717, 1.165) is 0 Å². The normalized spacial score (nSPS) is 13.2. The molecular weight excluding hydrogens is 106 g/mol. The largest absolute Gasteiger partial charge is 0.550 e. The monoisotopic (exact) mass is 116 g/mol. The molecule has 0 saturated carbocycles. The minimum absolute atomic E-state index is 0.0312. The summed E-state index contributed by atoms with van der Waals surface area (Å²) < 4.78 is 0. The van der Waals surface area contributed by atoms with Crippen LogP contribution in [0.25, 0.3) is 0 Å². The highest BCUT2D eigenvalue weighted by molar-refractivity contribution is 5.64. The summed E-state index contributed by atoms with van der Waals surface area (Å²) in [4.78, 5) is 9.78. The molecule has 0 spiro atoms. The summed E-state index contributed by atoms with van der Waals surface area (Å²) in [6.07, 6.45) is 0.657. The quantitative estimate of drug-likeness (QED) is 0.507. The summed E-state index contributed by atoms with van der Waals surface area (Å²) in [5, 5.41) is 9.78. The Hall–Kier alpha value is -0.570. The van der Waals surface area contributed by atoms with Gasteiger partial charge in [-0.15, -0.1) is 0 Å². The fourth-order valence-corrected chi connectivity index (χ4v) is 0.358.